The molecule has 6 nitrogen and oxygen atoms in total. The highest BCUT2D eigenvalue weighted by molar-refractivity contribution is 5.80. The molecule has 0 aromatic heterocycles. The lowest BCUT2D eigenvalue weighted by Gasteiger charge is -2.35. The van der Waals surface area contributed by atoms with E-state index in [1.54, 1.807) is 7.11 Å². The van der Waals surface area contributed by atoms with Gasteiger partial charge in [0, 0.05) is 37.4 Å². The largest absolute Gasteiger partial charge is 0.497 e. The number of hydrogen-bond acceptors (Lipinski definition) is 4. The number of aliphatic hydroxyl groups excluding tert-OH is 1. The van der Waals surface area contributed by atoms with Crippen LogP contribution in [0.4, 0.5) is 5.69 Å². The molecule has 0 radical (unpaired) electrons. The molecule has 1 saturated heterocycles. The van der Waals surface area contributed by atoms with E-state index in [0.717, 1.165) is 44.2 Å². The highest BCUT2D eigenvalue weighted by Crippen LogP contribution is 2.24. The van der Waals surface area contributed by atoms with Gasteiger partial charge in [0.1, 0.15) is 5.75 Å². The van der Waals surface area contributed by atoms with E-state index in [9.17, 15) is 0 Å². The number of rotatable bonds is 6. The third-order valence-corrected chi connectivity index (χ3v) is 3.89. The number of nitrogens with one attached hydrogen (secondary N) is 2. The van der Waals surface area contributed by atoms with Crippen LogP contribution in [0, 0.1) is 0 Å². The molecule has 128 valence electrons. The minimum absolute atomic E-state index is 0.0666. The third-order valence-electron chi connectivity index (χ3n) is 3.89. The molecule has 1 aliphatic heterocycles. The molecule has 0 bridgehead atoms. The first-order valence-electron chi connectivity index (χ1n) is 8.31. The monoisotopic (exact) mass is 320 g/mol. The van der Waals surface area contributed by atoms with Gasteiger partial charge in [0.05, 0.1) is 20.3 Å². The topological polar surface area (TPSA) is 69.1 Å². The van der Waals surface area contributed by atoms with Crippen molar-refractivity contribution < 1.29 is 9.84 Å². The van der Waals surface area contributed by atoms with Gasteiger partial charge < -0.3 is 25.4 Å². The average Bonchev–Trinajstić information content (AvgIpc) is 2.60. The van der Waals surface area contributed by atoms with Crippen molar-refractivity contribution in [3.63, 3.8) is 0 Å². The minimum atomic E-state index is 0.0666. The van der Waals surface area contributed by atoms with Crippen LogP contribution in [0.1, 0.15) is 19.8 Å². The van der Waals surface area contributed by atoms with Gasteiger partial charge in [-0.1, -0.05) is 6.07 Å². The van der Waals surface area contributed by atoms with E-state index in [2.05, 4.69) is 32.7 Å². The number of guanidine groups is 1. The molecule has 1 atom stereocenters. The highest BCUT2D eigenvalue weighted by atomic mass is 16.5. The van der Waals surface area contributed by atoms with Gasteiger partial charge in [0.25, 0.3) is 0 Å². The van der Waals surface area contributed by atoms with Gasteiger partial charge in [0.15, 0.2) is 5.96 Å². The second-order valence-corrected chi connectivity index (χ2v) is 5.62. The number of benzene rings is 1. The fraction of sp³-hybridized carbons (Fsp3) is 0.588. The maximum Gasteiger partial charge on any atom is 0.191 e. The molecule has 1 fully saturated rings. The number of methoxy groups -OCH3 is 1. The Morgan fingerprint density at radius 3 is 3.09 bits per heavy atom. The van der Waals surface area contributed by atoms with E-state index in [1.165, 1.54) is 5.69 Å². The summed E-state index contributed by atoms with van der Waals surface area (Å²) in [6.07, 6.45) is 2.25. The van der Waals surface area contributed by atoms with E-state index >= 15 is 0 Å². The molecule has 1 heterocycles. The summed E-state index contributed by atoms with van der Waals surface area (Å²) in [6.45, 7) is 5.31. The summed E-state index contributed by atoms with van der Waals surface area (Å²) in [5, 5.41) is 15.6. The van der Waals surface area contributed by atoms with Crippen molar-refractivity contribution in [2.24, 2.45) is 4.99 Å². The van der Waals surface area contributed by atoms with E-state index in [-0.39, 0.29) is 6.61 Å². The summed E-state index contributed by atoms with van der Waals surface area (Å²) in [5.41, 5.74) is 1.19. The Balaban J connectivity index is 1.99. The van der Waals surface area contributed by atoms with Gasteiger partial charge >= 0.3 is 0 Å². The van der Waals surface area contributed by atoms with E-state index in [4.69, 9.17) is 9.84 Å². The number of aliphatic imine (C=N–C) groups is 1. The van der Waals surface area contributed by atoms with Gasteiger partial charge in [-0.05, 0) is 31.9 Å². The Morgan fingerprint density at radius 1 is 1.48 bits per heavy atom. The number of aliphatic hydroxyl groups is 1. The number of ether oxygens (including phenoxy) is 1. The van der Waals surface area contributed by atoms with Gasteiger partial charge in [-0.15, -0.1) is 0 Å². The van der Waals surface area contributed by atoms with Crippen LogP contribution in [0.25, 0.3) is 0 Å². The zero-order valence-corrected chi connectivity index (χ0v) is 14.1. The van der Waals surface area contributed by atoms with Crippen LogP contribution in [0.5, 0.6) is 5.75 Å². The summed E-state index contributed by atoms with van der Waals surface area (Å²) in [4.78, 5) is 6.73. The van der Waals surface area contributed by atoms with Crippen molar-refractivity contribution >= 4 is 11.6 Å². The molecule has 1 aliphatic rings. The standard InChI is InChI=1S/C17H28N4O2/c1-3-18-17(19-9-11-22)20-14-6-5-10-21(13-14)15-7-4-8-16(12-15)23-2/h4,7-8,12,14,22H,3,5-6,9-11,13H2,1-2H3,(H2,18,19,20). The molecule has 3 N–H and O–H groups in total. The summed E-state index contributed by atoms with van der Waals surface area (Å²) in [6, 6.07) is 8.53. The summed E-state index contributed by atoms with van der Waals surface area (Å²) >= 11 is 0. The molecule has 0 spiro atoms. The number of nitrogens with zero attached hydrogens (tertiary/aromatic N) is 2. The molecule has 1 aromatic carbocycles. The first-order chi connectivity index (χ1) is 11.3. The maximum atomic E-state index is 8.95. The number of piperidine rings is 1. The fourth-order valence-corrected chi connectivity index (χ4v) is 2.81. The molecular weight excluding hydrogens is 292 g/mol. The van der Waals surface area contributed by atoms with Crippen molar-refractivity contribution in [1.82, 2.24) is 10.6 Å². The molecule has 1 unspecified atom stereocenters. The molecule has 0 saturated carbocycles. The average molecular weight is 320 g/mol. The SMILES string of the molecule is CCNC(=NCCO)NC1CCCN(c2cccc(OC)c2)C1. The molecule has 2 rings (SSSR count). The number of hydrogen-bond donors (Lipinski definition) is 3. The molecular formula is C17H28N4O2. The highest BCUT2D eigenvalue weighted by Gasteiger charge is 2.21. The Kier molecular flexibility index (Phi) is 7.00. The minimum Gasteiger partial charge on any atom is -0.497 e. The molecule has 23 heavy (non-hydrogen) atoms. The lowest BCUT2D eigenvalue weighted by atomic mass is 10.0. The normalized spacial score (nSPS) is 18.7. The van der Waals surface area contributed by atoms with E-state index in [0.29, 0.717) is 12.6 Å². The van der Waals surface area contributed by atoms with Crippen molar-refractivity contribution in [1.29, 1.82) is 0 Å². The predicted octanol–water partition coefficient (Wildman–Crippen LogP) is 1.21. The van der Waals surface area contributed by atoms with E-state index in [1.807, 2.05) is 19.1 Å². The Bertz CT molecular complexity index is 507. The summed E-state index contributed by atoms with van der Waals surface area (Å²) < 4.78 is 5.32. The number of anilines is 1. The second kappa shape index (κ2) is 9.25. The molecule has 0 aliphatic carbocycles. The second-order valence-electron chi connectivity index (χ2n) is 5.62. The smallest absolute Gasteiger partial charge is 0.191 e. The van der Waals surface area contributed by atoms with Crippen LogP contribution < -0.4 is 20.3 Å². The van der Waals surface area contributed by atoms with Gasteiger partial charge in [-0.2, -0.15) is 0 Å². The Labute approximate surface area is 138 Å². The van der Waals surface area contributed by atoms with Crippen molar-refractivity contribution in [3.05, 3.63) is 24.3 Å². The zero-order valence-electron chi connectivity index (χ0n) is 14.1. The van der Waals surface area contributed by atoms with Gasteiger partial charge in [-0.3, -0.25) is 4.99 Å². The van der Waals surface area contributed by atoms with Crippen molar-refractivity contribution in [2.45, 2.75) is 25.8 Å². The third kappa shape index (κ3) is 5.32. The predicted molar refractivity (Wildman–Crippen MR) is 94.4 cm³/mol. The zero-order chi connectivity index (χ0) is 16.5. The quantitative estimate of drug-likeness (QED) is 0.543. The summed E-state index contributed by atoms with van der Waals surface area (Å²) in [7, 11) is 1.69. The van der Waals surface area contributed by atoms with Crippen molar-refractivity contribution in [2.75, 3.05) is 44.8 Å². The van der Waals surface area contributed by atoms with Gasteiger partial charge in [-0.25, -0.2) is 0 Å². The van der Waals surface area contributed by atoms with Crippen molar-refractivity contribution in [3.8, 4) is 5.75 Å². The molecule has 1 aromatic rings. The maximum absolute atomic E-state index is 8.95. The first kappa shape index (κ1) is 17.4. The molecule has 6 heteroatoms. The van der Waals surface area contributed by atoms with Gasteiger partial charge in [0.2, 0.25) is 0 Å². The van der Waals surface area contributed by atoms with Crippen LogP contribution in [0.15, 0.2) is 29.3 Å². The Morgan fingerprint density at radius 2 is 2.35 bits per heavy atom. The van der Waals surface area contributed by atoms with Crippen LogP contribution >= 0.6 is 0 Å². The summed E-state index contributed by atoms with van der Waals surface area (Å²) in [5.74, 6) is 1.66. The van der Waals surface area contributed by atoms with Crippen LogP contribution in [-0.2, 0) is 0 Å². The van der Waals surface area contributed by atoms with E-state index < -0.39 is 0 Å². The van der Waals surface area contributed by atoms with Crippen LogP contribution in [-0.4, -0.2) is 57.0 Å². The Hall–Kier alpha value is -1.95. The molecule has 0 amide bonds. The lowest BCUT2D eigenvalue weighted by molar-refractivity contribution is 0.306. The van der Waals surface area contributed by atoms with Crippen LogP contribution in [0.2, 0.25) is 0 Å². The first-order valence-corrected chi connectivity index (χ1v) is 8.31. The lowest BCUT2D eigenvalue weighted by Crippen LogP contribution is -2.51. The van der Waals surface area contributed by atoms with Crippen LogP contribution in [0.3, 0.4) is 0 Å². The fourth-order valence-electron chi connectivity index (χ4n) is 2.81.